The van der Waals surface area contributed by atoms with Crippen LogP contribution in [0.4, 0.5) is 5.69 Å². The molecule has 2 heterocycles. The Hall–Kier alpha value is -4.56. The van der Waals surface area contributed by atoms with Gasteiger partial charge in [0.25, 0.3) is 5.91 Å². The highest BCUT2D eigenvalue weighted by Gasteiger charge is 2.25. The van der Waals surface area contributed by atoms with Gasteiger partial charge in [0.15, 0.2) is 5.76 Å². The van der Waals surface area contributed by atoms with E-state index in [2.05, 4.69) is 15.5 Å². The number of nitrogens with one attached hydrogen (secondary N) is 2. The number of halogens is 1. The van der Waals surface area contributed by atoms with E-state index in [-0.39, 0.29) is 33.5 Å². The number of para-hydroxylation sites is 1. The Bertz CT molecular complexity index is 1680. The third-order valence-corrected chi connectivity index (χ3v) is 6.55. The van der Waals surface area contributed by atoms with Crippen molar-refractivity contribution in [2.75, 3.05) is 12.4 Å². The van der Waals surface area contributed by atoms with Crippen LogP contribution >= 0.6 is 11.6 Å². The number of H-pyrrole nitrogens is 1. The fourth-order valence-corrected chi connectivity index (χ4v) is 4.29. The smallest absolute Gasteiger partial charge is 0.273 e. The molecule has 37 heavy (non-hydrogen) atoms. The van der Waals surface area contributed by atoms with Crippen LogP contribution in [0.25, 0.3) is 22.2 Å². The van der Waals surface area contributed by atoms with E-state index in [0.717, 1.165) is 11.1 Å². The molecule has 9 heteroatoms. The lowest BCUT2D eigenvalue weighted by molar-refractivity contribution is 0.101. The third kappa shape index (κ3) is 4.32. The van der Waals surface area contributed by atoms with Crippen molar-refractivity contribution in [3.05, 3.63) is 93.8 Å². The number of fused-ring (bicyclic) bond motifs is 1. The summed E-state index contributed by atoms with van der Waals surface area (Å²) in [5.41, 5.74) is 3.66. The highest BCUT2D eigenvalue weighted by atomic mass is 35.5. The van der Waals surface area contributed by atoms with Gasteiger partial charge in [0, 0.05) is 16.5 Å². The second kappa shape index (κ2) is 9.48. The number of furan rings is 1. The van der Waals surface area contributed by atoms with Gasteiger partial charge >= 0.3 is 0 Å². The molecular weight excluding hydrogens is 494 g/mol. The predicted octanol–water partition coefficient (Wildman–Crippen LogP) is 6.29. The zero-order valence-corrected chi connectivity index (χ0v) is 20.9. The summed E-state index contributed by atoms with van der Waals surface area (Å²) >= 11 is 6.22. The minimum Gasteiger partial charge on any atom is -0.507 e. The number of hydrogen-bond donors (Lipinski definition) is 3. The Morgan fingerprint density at radius 1 is 1.08 bits per heavy atom. The topological polar surface area (TPSA) is 117 Å². The summed E-state index contributed by atoms with van der Waals surface area (Å²) in [6, 6.07) is 16.8. The minimum absolute atomic E-state index is 0.0395. The summed E-state index contributed by atoms with van der Waals surface area (Å²) in [6.07, 6.45) is 0. The van der Waals surface area contributed by atoms with Crippen molar-refractivity contribution in [3.63, 3.8) is 0 Å². The van der Waals surface area contributed by atoms with Gasteiger partial charge in [-0.05, 0) is 67.4 Å². The number of ether oxygens (including phenoxy) is 1. The van der Waals surface area contributed by atoms with Crippen LogP contribution in [0.5, 0.6) is 11.5 Å². The van der Waals surface area contributed by atoms with Crippen molar-refractivity contribution < 1.29 is 23.8 Å². The lowest BCUT2D eigenvalue weighted by Gasteiger charge is -2.07. The summed E-state index contributed by atoms with van der Waals surface area (Å²) in [5, 5.41) is 21.1. The number of anilines is 1. The van der Waals surface area contributed by atoms with E-state index >= 15 is 0 Å². The molecule has 3 aromatic carbocycles. The molecule has 5 aromatic rings. The number of phenols is 1. The van der Waals surface area contributed by atoms with Crippen molar-refractivity contribution >= 4 is 39.9 Å². The van der Waals surface area contributed by atoms with E-state index in [0.29, 0.717) is 28.0 Å². The lowest BCUT2D eigenvalue weighted by Crippen LogP contribution is -2.14. The Labute approximate surface area is 216 Å². The molecule has 0 aliphatic heterocycles. The van der Waals surface area contributed by atoms with Crippen molar-refractivity contribution in [3.8, 4) is 22.8 Å². The van der Waals surface area contributed by atoms with Crippen molar-refractivity contribution in [1.82, 2.24) is 10.2 Å². The van der Waals surface area contributed by atoms with Crippen LogP contribution in [-0.4, -0.2) is 34.1 Å². The van der Waals surface area contributed by atoms with Crippen molar-refractivity contribution in [2.45, 2.75) is 13.8 Å². The number of aromatic nitrogens is 2. The van der Waals surface area contributed by atoms with Crippen LogP contribution in [0.15, 0.2) is 65.1 Å². The summed E-state index contributed by atoms with van der Waals surface area (Å²) in [4.78, 5) is 26.6. The van der Waals surface area contributed by atoms with Crippen LogP contribution in [0.2, 0.25) is 5.02 Å². The van der Waals surface area contributed by atoms with Gasteiger partial charge in [-0.2, -0.15) is 5.10 Å². The highest BCUT2D eigenvalue weighted by molar-refractivity contribution is 6.32. The van der Waals surface area contributed by atoms with Crippen LogP contribution in [0.1, 0.15) is 37.7 Å². The Morgan fingerprint density at radius 3 is 2.62 bits per heavy atom. The summed E-state index contributed by atoms with van der Waals surface area (Å²) < 4.78 is 11.0. The number of hydrogen-bond acceptors (Lipinski definition) is 6. The molecule has 0 unspecified atom stereocenters. The van der Waals surface area contributed by atoms with Gasteiger partial charge in [-0.25, -0.2) is 0 Å². The van der Waals surface area contributed by atoms with Gasteiger partial charge in [-0.15, -0.1) is 0 Å². The average Bonchev–Trinajstić information content (AvgIpc) is 3.53. The molecular formula is C28H22ClN3O5. The third-order valence-electron chi connectivity index (χ3n) is 6.25. The van der Waals surface area contributed by atoms with E-state index in [1.807, 2.05) is 19.9 Å². The number of aromatic amines is 1. The van der Waals surface area contributed by atoms with Crippen LogP contribution in [0.3, 0.4) is 0 Å². The predicted molar refractivity (Wildman–Crippen MR) is 141 cm³/mol. The normalized spacial score (nSPS) is 11.0. The van der Waals surface area contributed by atoms with Crippen LogP contribution < -0.4 is 10.1 Å². The molecule has 186 valence electrons. The maximum atomic E-state index is 13.4. The first-order valence-electron chi connectivity index (χ1n) is 11.3. The number of phenolic OH excluding ortho intramolecular Hbond substituents is 1. The van der Waals surface area contributed by atoms with Gasteiger partial charge in [0.05, 0.1) is 23.5 Å². The molecule has 0 radical (unpaired) electrons. The molecule has 0 aliphatic rings. The first kappa shape index (κ1) is 24.1. The van der Waals surface area contributed by atoms with Crippen molar-refractivity contribution in [2.24, 2.45) is 0 Å². The number of amides is 1. The summed E-state index contributed by atoms with van der Waals surface area (Å²) in [5.74, 6) is -0.495. The number of carbonyl (C=O) groups excluding carboxylic acids is 2. The first-order chi connectivity index (χ1) is 17.8. The molecule has 0 saturated heterocycles. The van der Waals surface area contributed by atoms with Gasteiger partial charge < -0.3 is 19.6 Å². The van der Waals surface area contributed by atoms with Crippen LogP contribution in [-0.2, 0) is 0 Å². The van der Waals surface area contributed by atoms with Gasteiger partial charge in [0.1, 0.15) is 22.8 Å². The number of rotatable bonds is 6. The summed E-state index contributed by atoms with van der Waals surface area (Å²) in [7, 11) is 1.48. The number of benzene rings is 3. The monoisotopic (exact) mass is 515 g/mol. The molecule has 0 saturated carbocycles. The second-order valence-electron chi connectivity index (χ2n) is 8.51. The molecule has 3 N–H and O–H groups in total. The molecule has 0 aliphatic carbocycles. The zero-order valence-electron chi connectivity index (χ0n) is 20.2. The molecule has 8 nitrogen and oxygen atoms in total. The van der Waals surface area contributed by atoms with E-state index in [9.17, 15) is 14.7 Å². The summed E-state index contributed by atoms with van der Waals surface area (Å²) in [6.45, 7) is 3.71. The van der Waals surface area contributed by atoms with E-state index in [1.165, 1.54) is 19.2 Å². The largest absolute Gasteiger partial charge is 0.507 e. The fourth-order valence-electron chi connectivity index (χ4n) is 4.03. The molecule has 5 rings (SSSR count). The SMILES string of the molecule is COc1ccc(C(=O)c2oc3ccccc3c2NC(=O)c2cc(-c3ccc(C)c(C)c3O)n[nH]2)cc1Cl. The highest BCUT2D eigenvalue weighted by Crippen LogP contribution is 2.35. The van der Waals surface area contributed by atoms with Gasteiger partial charge in [-0.3, -0.25) is 14.7 Å². The number of nitrogens with zero attached hydrogens (tertiary/aromatic N) is 1. The number of ketones is 1. The first-order valence-corrected chi connectivity index (χ1v) is 11.7. The minimum atomic E-state index is -0.532. The Morgan fingerprint density at radius 2 is 1.86 bits per heavy atom. The number of methoxy groups -OCH3 is 1. The maximum Gasteiger partial charge on any atom is 0.273 e. The molecule has 1 amide bonds. The molecule has 0 atom stereocenters. The standard InChI is InChI=1S/C28H22ClN3O5/c1-14-8-10-17(25(33)15(14)2)20-13-21(32-31-20)28(35)30-24-18-6-4-5-7-22(18)37-27(24)26(34)16-9-11-23(36-3)19(29)12-16/h4-13,33H,1-3H3,(H,30,35)(H,31,32). The number of aryl methyl sites for hydroxylation is 1. The Balaban J connectivity index is 1.50. The quantitative estimate of drug-likeness (QED) is 0.229. The van der Waals surface area contributed by atoms with E-state index in [4.69, 9.17) is 20.8 Å². The van der Waals surface area contributed by atoms with E-state index in [1.54, 1.807) is 42.5 Å². The zero-order chi connectivity index (χ0) is 26.3. The van der Waals surface area contributed by atoms with Crippen molar-refractivity contribution in [1.29, 1.82) is 0 Å². The molecule has 0 spiro atoms. The molecule has 0 bridgehead atoms. The van der Waals surface area contributed by atoms with Gasteiger partial charge in [-0.1, -0.05) is 29.8 Å². The van der Waals surface area contributed by atoms with Gasteiger partial charge in [0.2, 0.25) is 5.78 Å². The maximum absolute atomic E-state index is 13.4. The Kier molecular flexibility index (Phi) is 6.19. The second-order valence-corrected chi connectivity index (χ2v) is 8.91. The number of aromatic hydroxyl groups is 1. The average molecular weight is 516 g/mol. The van der Waals surface area contributed by atoms with E-state index < -0.39 is 11.7 Å². The molecule has 2 aromatic heterocycles. The fraction of sp³-hybridized carbons (Fsp3) is 0.107. The number of carbonyl (C=O) groups is 2. The lowest BCUT2D eigenvalue weighted by atomic mass is 10.0. The van der Waals surface area contributed by atoms with Crippen LogP contribution in [0, 0.1) is 13.8 Å². The molecule has 0 fully saturated rings.